The fourth-order valence-corrected chi connectivity index (χ4v) is 1.51. The van der Waals surface area contributed by atoms with Crippen LogP contribution in [-0.4, -0.2) is 4.98 Å². The highest BCUT2D eigenvalue weighted by Gasteiger charge is 2.61. The van der Waals surface area contributed by atoms with Crippen molar-refractivity contribution in [2.24, 2.45) is 11.1 Å². The molecule has 1 aromatic rings. The minimum atomic E-state index is -0.260. The molecule has 1 aromatic heterocycles. The zero-order valence-electron chi connectivity index (χ0n) is 6.79. The summed E-state index contributed by atoms with van der Waals surface area (Å²) in [6.07, 6.45) is 4.11. The summed E-state index contributed by atoms with van der Waals surface area (Å²) in [5, 5.41) is 0. The molecule has 0 bridgehead atoms. The Morgan fingerprint density at radius 2 is 2.27 bits per heavy atom. The highest BCUT2D eigenvalue weighted by molar-refractivity contribution is 5.25. The predicted molar refractivity (Wildman–Crippen MR) is 40.8 cm³/mol. The number of nitrogens with two attached hydrogens (primary N) is 1. The minimum absolute atomic E-state index is 0.173. The first-order valence-corrected chi connectivity index (χ1v) is 3.74. The van der Waals surface area contributed by atoms with Crippen molar-refractivity contribution in [1.82, 2.24) is 4.98 Å². The summed E-state index contributed by atoms with van der Waals surface area (Å²) in [7, 11) is 0. The zero-order valence-corrected chi connectivity index (χ0v) is 6.79. The van der Waals surface area contributed by atoms with E-state index < -0.39 is 0 Å². The molecule has 3 heteroatoms. The predicted octanol–water partition coefficient (Wildman–Crippen LogP) is 1.26. The van der Waals surface area contributed by atoms with Crippen molar-refractivity contribution in [3.05, 3.63) is 18.4 Å². The van der Waals surface area contributed by atoms with Crippen LogP contribution in [0.25, 0.3) is 0 Å². The summed E-state index contributed by atoms with van der Waals surface area (Å²) in [5.41, 5.74) is 5.97. The van der Waals surface area contributed by atoms with Crippen LogP contribution >= 0.6 is 0 Å². The van der Waals surface area contributed by atoms with E-state index in [0.717, 1.165) is 12.2 Å². The standard InChI is InChI=1S/C8H12N2O/c1-7(2)4-8(7,9)6-3-10-5-11-6/h3,5H,4,9H2,1-2H3. The van der Waals surface area contributed by atoms with E-state index in [0.29, 0.717) is 0 Å². The second-order valence-corrected chi connectivity index (χ2v) is 3.90. The third-order valence-electron chi connectivity index (χ3n) is 2.68. The molecule has 1 heterocycles. The van der Waals surface area contributed by atoms with Gasteiger partial charge in [0.15, 0.2) is 6.39 Å². The van der Waals surface area contributed by atoms with Crippen LogP contribution < -0.4 is 5.73 Å². The van der Waals surface area contributed by atoms with Gasteiger partial charge in [0, 0.05) is 0 Å². The Morgan fingerprint density at radius 3 is 2.64 bits per heavy atom. The van der Waals surface area contributed by atoms with Gasteiger partial charge in [-0.3, -0.25) is 0 Å². The second-order valence-electron chi connectivity index (χ2n) is 3.90. The average Bonchev–Trinajstić information content (AvgIpc) is 2.36. The van der Waals surface area contributed by atoms with Crippen LogP contribution in [0.2, 0.25) is 0 Å². The van der Waals surface area contributed by atoms with Gasteiger partial charge in [0.05, 0.1) is 11.7 Å². The molecule has 2 rings (SSSR count). The number of hydrogen-bond donors (Lipinski definition) is 1. The van der Waals surface area contributed by atoms with E-state index in [9.17, 15) is 0 Å². The molecule has 0 aliphatic heterocycles. The van der Waals surface area contributed by atoms with Crippen molar-refractivity contribution in [2.45, 2.75) is 25.8 Å². The van der Waals surface area contributed by atoms with Gasteiger partial charge in [-0.1, -0.05) is 13.8 Å². The summed E-state index contributed by atoms with van der Waals surface area (Å²) < 4.78 is 5.16. The van der Waals surface area contributed by atoms with Gasteiger partial charge in [0.25, 0.3) is 0 Å². The maximum atomic E-state index is 6.06. The molecular formula is C8H12N2O. The van der Waals surface area contributed by atoms with Gasteiger partial charge in [0.2, 0.25) is 0 Å². The third kappa shape index (κ3) is 0.744. The van der Waals surface area contributed by atoms with Crippen molar-refractivity contribution in [3.63, 3.8) is 0 Å². The van der Waals surface area contributed by atoms with Gasteiger partial charge in [-0.25, -0.2) is 4.98 Å². The maximum Gasteiger partial charge on any atom is 0.180 e. The van der Waals surface area contributed by atoms with Crippen LogP contribution in [0.1, 0.15) is 26.0 Å². The number of oxazole rings is 1. The molecular weight excluding hydrogens is 140 g/mol. The number of aromatic nitrogens is 1. The largest absolute Gasteiger partial charge is 0.447 e. The van der Waals surface area contributed by atoms with Crippen LogP contribution in [0.15, 0.2) is 17.0 Å². The smallest absolute Gasteiger partial charge is 0.180 e. The van der Waals surface area contributed by atoms with E-state index in [1.54, 1.807) is 6.20 Å². The summed E-state index contributed by atoms with van der Waals surface area (Å²) in [4.78, 5) is 3.85. The Kier molecular flexibility index (Phi) is 1.04. The quantitative estimate of drug-likeness (QED) is 0.659. The molecule has 0 radical (unpaired) electrons. The Bertz CT molecular complexity index is 266. The molecule has 0 saturated heterocycles. The number of nitrogens with zero attached hydrogens (tertiary/aromatic N) is 1. The van der Waals surface area contributed by atoms with Crippen molar-refractivity contribution in [3.8, 4) is 0 Å². The highest BCUT2D eigenvalue weighted by atomic mass is 16.3. The Morgan fingerprint density at radius 1 is 1.64 bits per heavy atom. The Balaban J connectivity index is 2.33. The van der Waals surface area contributed by atoms with Gasteiger partial charge in [-0.15, -0.1) is 0 Å². The zero-order chi connectivity index (χ0) is 8.11. The fraction of sp³-hybridized carbons (Fsp3) is 0.625. The van der Waals surface area contributed by atoms with Gasteiger partial charge in [-0.2, -0.15) is 0 Å². The molecule has 1 atom stereocenters. The molecule has 1 aliphatic rings. The molecule has 1 fully saturated rings. The lowest BCUT2D eigenvalue weighted by molar-refractivity contribution is 0.399. The van der Waals surface area contributed by atoms with Crippen LogP contribution in [-0.2, 0) is 5.54 Å². The van der Waals surface area contributed by atoms with Gasteiger partial charge >= 0.3 is 0 Å². The van der Waals surface area contributed by atoms with E-state index >= 15 is 0 Å². The second kappa shape index (κ2) is 1.67. The molecule has 2 N–H and O–H groups in total. The number of hydrogen-bond acceptors (Lipinski definition) is 3. The van der Waals surface area contributed by atoms with Crippen molar-refractivity contribution >= 4 is 0 Å². The average molecular weight is 152 g/mol. The lowest BCUT2D eigenvalue weighted by Crippen LogP contribution is -2.24. The van der Waals surface area contributed by atoms with E-state index in [-0.39, 0.29) is 11.0 Å². The fourth-order valence-electron chi connectivity index (χ4n) is 1.51. The van der Waals surface area contributed by atoms with Crippen molar-refractivity contribution in [2.75, 3.05) is 0 Å². The summed E-state index contributed by atoms with van der Waals surface area (Å²) >= 11 is 0. The first-order valence-electron chi connectivity index (χ1n) is 3.74. The van der Waals surface area contributed by atoms with Gasteiger partial charge < -0.3 is 10.2 Å². The van der Waals surface area contributed by atoms with E-state index in [1.807, 2.05) is 0 Å². The number of rotatable bonds is 1. The molecule has 1 saturated carbocycles. The topological polar surface area (TPSA) is 52.0 Å². The van der Waals surface area contributed by atoms with Crippen LogP contribution in [0.3, 0.4) is 0 Å². The first kappa shape index (κ1) is 6.85. The summed E-state index contributed by atoms with van der Waals surface area (Å²) in [6.45, 7) is 4.27. The van der Waals surface area contributed by atoms with Crippen molar-refractivity contribution < 1.29 is 4.42 Å². The van der Waals surface area contributed by atoms with Crippen molar-refractivity contribution in [1.29, 1.82) is 0 Å². The van der Waals surface area contributed by atoms with Crippen LogP contribution in [0, 0.1) is 5.41 Å². The van der Waals surface area contributed by atoms with E-state index in [2.05, 4.69) is 18.8 Å². The van der Waals surface area contributed by atoms with E-state index in [1.165, 1.54) is 6.39 Å². The summed E-state index contributed by atoms with van der Waals surface area (Å²) in [6, 6.07) is 0. The van der Waals surface area contributed by atoms with Gasteiger partial charge in [-0.05, 0) is 11.8 Å². The monoisotopic (exact) mass is 152 g/mol. The lowest BCUT2D eigenvalue weighted by atomic mass is 10.0. The molecule has 0 amide bonds. The molecule has 0 aromatic carbocycles. The molecule has 3 nitrogen and oxygen atoms in total. The SMILES string of the molecule is CC1(C)CC1(N)c1cnco1. The molecule has 0 spiro atoms. The van der Waals surface area contributed by atoms with Gasteiger partial charge in [0.1, 0.15) is 5.76 Å². The molecule has 11 heavy (non-hydrogen) atoms. The van der Waals surface area contributed by atoms with E-state index in [4.69, 9.17) is 10.2 Å². The molecule has 1 unspecified atom stereocenters. The Labute approximate surface area is 65.6 Å². The molecule has 60 valence electrons. The van der Waals surface area contributed by atoms with Crippen LogP contribution in [0.5, 0.6) is 0 Å². The lowest BCUT2D eigenvalue weighted by Gasteiger charge is -2.09. The highest BCUT2D eigenvalue weighted by Crippen LogP contribution is 2.60. The normalized spacial score (nSPS) is 33.7. The third-order valence-corrected chi connectivity index (χ3v) is 2.68. The Hall–Kier alpha value is -0.830. The minimum Gasteiger partial charge on any atom is -0.447 e. The maximum absolute atomic E-state index is 6.06. The molecule has 1 aliphatic carbocycles. The summed E-state index contributed by atoms with van der Waals surface area (Å²) in [5.74, 6) is 0.808. The van der Waals surface area contributed by atoms with Crippen LogP contribution in [0.4, 0.5) is 0 Å². The first-order chi connectivity index (χ1) is 5.06.